The highest BCUT2D eigenvalue weighted by atomic mass is 16.5. The first kappa shape index (κ1) is 13.6. The van der Waals surface area contributed by atoms with Crippen LogP contribution in [0.25, 0.3) is 6.08 Å². The minimum absolute atomic E-state index is 0.0593. The lowest BCUT2D eigenvalue weighted by molar-refractivity contribution is -0.118. The number of rotatable bonds is 3. The molecule has 1 saturated heterocycles. The predicted octanol–water partition coefficient (Wildman–Crippen LogP) is 1.97. The Bertz CT molecular complexity index is 454. The largest absolute Gasteiger partial charge is 0.399 e. The van der Waals surface area contributed by atoms with E-state index in [9.17, 15) is 4.79 Å². The zero-order valence-electron chi connectivity index (χ0n) is 11.1. The van der Waals surface area contributed by atoms with Crippen LogP contribution in [0.3, 0.4) is 0 Å². The fraction of sp³-hybridized carbons (Fsp3) is 0.400. The van der Waals surface area contributed by atoms with Gasteiger partial charge >= 0.3 is 0 Å². The van der Waals surface area contributed by atoms with Gasteiger partial charge in [0.25, 0.3) is 0 Å². The number of nitrogens with one attached hydrogen (secondary N) is 1. The lowest BCUT2D eigenvalue weighted by atomic mass is 10.0. The molecule has 2 unspecified atom stereocenters. The zero-order chi connectivity index (χ0) is 13.7. The Morgan fingerprint density at radius 2 is 2.16 bits per heavy atom. The van der Waals surface area contributed by atoms with Crippen LogP contribution in [0.1, 0.15) is 25.3 Å². The van der Waals surface area contributed by atoms with Crippen LogP contribution in [-0.2, 0) is 9.53 Å². The van der Waals surface area contributed by atoms with Crippen LogP contribution in [0, 0.1) is 0 Å². The summed E-state index contributed by atoms with van der Waals surface area (Å²) in [6, 6.07) is 7.62. The minimum Gasteiger partial charge on any atom is -0.399 e. The molecule has 102 valence electrons. The van der Waals surface area contributed by atoms with Gasteiger partial charge in [-0.3, -0.25) is 4.79 Å². The quantitative estimate of drug-likeness (QED) is 0.645. The van der Waals surface area contributed by atoms with Crippen LogP contribution >= 0.6 is 0 Å². The number of hydrogen-bond donors (Lipinski definition) is 2. The summed E-state index contributed by atoms with van der Waals surface area (Å²) in [7, 11) is 0. The van der Waals surface area contributed by atoms with Crippen LogP contribution in [0.2, 0.25) is 0 Å². The predicted molar refractivity (Wildman–Crippen MR) is 76.5 cm³/mol. The zero-order valence-corrected chi connectivity index (χ0v) is 11.1. The fourth-order valence-corrected chi connectivity index (χ4v) is 2.16. The van der Waals surface area contributed by atoms with Crippen LogP contribution in [0.4, 0.5) is 5.69 Å². The van der Waals surface area contributed by atoms with E-state index in [4.69, 9.17) is 10.5 Å². The van der Waals surface area contributed by atoms with Crippen molar-refractivity contribution < 1.29 is 9.53 Å². The second-order valence-electron chi connectivity index (χ2n) is 4.91. The van der Waals surface area contributed by atoms with Crippen molar-refractivity contribution in [2.75, 3.05) is 12.3 Å². The van der Waals surface area contributed by atoms with E-state index in [1.165, 1.54) is 0 Å². The summed E-state index contributed by atoms with van der Waals surface area (Å²) in [5.41, 5.74) is 7.29. The summed E-state index contributed by atoms with van der Waals surface area (Å²) in [6.45, 7) is 2.75. The number of hydrogen-bond acceptors (Lipinski definition) is 3. The summed E-state index contributed by atoms with van der Waals surface area (Å²) < 4.78 is 5.45. The Labute approximate surface area is 113 Å². The summed E-state index contributed by atoms with van der Waals surface area (Å²) in [6.07, 6.45) is 5.33. The lowest BCUT2D eigenvalue weighted by Crippen LogP contribution is -2.40. The van der Waals surface area contributed by atoms with E-state index >= 15 is 0 Å². The Balaban J connectivity index is 1.85. The Kier molecular flexibility index (Phi) is 4.58. The minimum atomic E-state index is -0.0593. The normalized spacial score (nSPS) is 23.4. The number of carbonyl (C=O) groups is 1. The topological polar surface area (TPSA) is 64.4 Å². The monoisotopic (exact) mass is 260 g/mol. The molecule has 19 heavy (non-hydrogen) atoms. The molecule has 1 aliphatic heterocycles. The van der Waals surface area contributed by atoms with E-state index in [0.29, 0.717) is 6.61 Å². The van der Waals surface area contributed by atoms with Crippen molar-refractivity contribution in [3.63, 3.8) is 0 Å². The maximum atomic E-state index is 11.8. The van der Waals surface area contributed by atoms with E-state index in [2.05, 4.69) is 5.32 Å². The van der Waals surface area contributed by atoms with Crippen molar-refractivity contribution in [3.05, 3.63) is 35.9 Å². The number of amides is 1. The maximum absolute atomic E-state index is 11.8. The molecule has 4 heteroatoms. The molecule has 1 amide bonds. The SMILES string of the molecule is CC1CC(NC(=O)/C=C/c2ccc(N)cc2)CCO1. The van der Waals surface area contributed by atoms with Gasteiger partial charge in [-0.2, -0.15) is 0 Å². The van der Waals surface area contributed by atoms with Gasteiger partial charge in [-0.25, -0.2) is 0 Å². The average molecular weight is 260 g/mol. The van der Waals surface area contributed by atoms with E-state index in [1.807, 2.05) is 31.2 Å². The highest BCUT2D eigenvalue weighted by molar-refractivity contribution is 5.91. The van der Waals surface area contributed by atoms with Crippen LogP contribution < -0.4 is 11.1 Å². The summed E-state index contributed by atoms with van der Waals surface area (Å²) >= 11 is 0. The van der Waals surface area contributed by atoms with Gasteiger partial charge in [-0.1, -0.05) is 12.1 Å². The standard InChI is InChI=1S/C15H20N2O2/c1-11-10-14(8-9-19-11)17-15(18)7-4-12-2-5-13(16)6-3-12/h2-7,11,14H,8-10,16H2,1H3,(H,17,18)/b7-4+. The fourth-order valence-electron chi connectivity index (χ4n) is 2.16. The van der Waals surface area contributed by atoms with Crippen molar-refractivity contribution in [2.45, 2.75) is 31.9 Å². The number of anilines is 1. The second kappa shape index (κ2) is 6.38. The third-order valence-corrected chi connectivity index (χ3v) is 3.20. The third kappa shape index (κ3) is 4.41. The molecular formula is C15H20N2O2. The van der Waals surface area contributed by atoms with Crippen molar-refractivity contribution >= 4 is 17.7 Å². The molecule has 0 aromatic heterocycles. The average Bonchev–Trinajstić information content (AvgIpc) is 2.38. The summed E-state index contributed by atoms with van der Waals surface area (Å²) in [4.78, 5) is 11.8. The molecule has 4 nitrogen and oxygen atoms in total. The Morgan fingerprint density at radius 1 is 1.42 bits per heavy atom. The summed E-state index contributed by atoms with van der Waals surface area (Å²) in [5.74, 6) is -0.0593. The molecule has 0 saturated carbocycles. The van der Waals surface area contributed by atoms with Crippen LogP contribution in [0.5, 0.6) is 0 Å². The van der Waals surface area contributed by atoms with Gasteiger partial charge < -0.3 is 15.8 Å². The Hall–Kier alpha value is -1.81. The van der Waals surface area contributed by atoms with Crippen LogP contribution in [0.15, 0.2) is 30.3 Å². The third-order valence-electron chi connectivity index (χ3n) is 3.20. The molecule has 1 fully saturated rings. The van der Waals surface area contributed by atoms with Gasteiger partial charge in [0.15, 0.2) is 0 Å². The van der Waals surface area contributed by atoms with E-state index in [0.717, 1.165) is 24.1 Å². The van der Waals surface area contributed by atoms with E-state index < -0.39 is 0 Å². The molecule has 3 N–H and O–H groups in total. The molecule has 0 spiro atoms. The maximum Gasteiger partial charge on any atom is 0.244 e. The highest BCUT2D eigenvalue weighted by Gasteiger charge is 2.19. The number of nitrogen functional groups attached to an aromatic ring is 1. The number of carbonyl (C=O) groups excluding carboxylic acids is 1. The van der Waals surface area contributed by atoms with Gasteiger partial charge in [0.05, 0.1) is 6.10 Å². The molecule has 0 bridgehead atoms. The molecule has 1 aliphatic rings. The van der Waals surface area contributed by atoms with Crippen molar-refractivity contribution in [2.24, 2.45) is 0 Å². The molecule has 2 rings (SSSR count). The number of nitrogens with two attached hydrogens (primary N) is 1. The van der Waals surface area contributed by atoms with Crippen molar-refractivity contribution in [1.29, 1.82) is 0 Å². The molecular weight excluding hydrogens is 240 g/mol. The Morgan fingerprint density at radius 3 is 2.84 bits per heavy atom. The number of benzene rings is 1. The first-order chi connectivity index (χ1) is 9.13. The molecule has 0 aliphatic carbocycles. The summed E-state index contributed by atoms with van der Waals surface area (Å²) in [5, 5.41) is 3.00. The van der Waals surface area contributed by atoms with Crippen molar-refractivity contribution in [3.8, 4) is 0 Å². The smallest absolute Gasteiger partial charge is 0.244 e. The molecule has 2 atom stereocenters. The number of ether oxygens (including phenoxy) is 1. The highest BCUT2D eigenvalue weighted by Crippen LogP contribution is 2.13. The molecule has 1 aromatic carbocycles. The van der Waals surface area contributed by atoms with Gasteiger partial charge in [-0.05, 0) is 43.5 Å². The van der Waals surface area contributed by atoms with Crippen molar-refractivity contribution in [1.82, 2.24) is 5.32 Å². The van der Waals surface area contributed by atoms with E-state index in [-0.39, 0.29) is 18.1 Å². The van der Waals surface area contributed by atoms with Gasteiger partial charge in [0.1, 0.15) is 0 Å². The first-order valence-electron chi connectivity index (χ1n) is 6.59. The molecule has 0 radical (unpaired) electrons. The van der Waals surface area contributed by atoms with Crippen LogP contribution in [-0.4, -0.2) is 24.7 Å². The van der Waals surface area contributed by atoms with E-state index in [1.54, 1.807) is 12.2 Å². The van der Waals surface area contributed by atoms with Gasteiger partial charge in [-0.15, -0.1) is 0 Å². The first-order valence-corrected chi connectivity index (χ1v) is 6.59. The van der Waals surface area contributed by atoms with Gasteiger partial charge in [0.2, 0.25) is 5.91 Å². The lowest BCUT2D eigenvalue weighted by Gasteiger charge is -2.27. The molecule has 1 aromatic rings. The van der Waals surface area contributed by atoms with Gasteiger partial charge in [0, 0.05) is 24.4 Å². The second-order valence-corrected chi connectivity index (χ2v) is 4.91. The molecule has 1 heterocycles.